The molecule has 0 aliphatic carbocycles. The average molecular weight is 761 g/mol. The smallest absolute Gasteiger partial charge is 0.0541 e. The third-order valence-corrected chi connectivity index (χ3v) is 12.9. The van der Waals surface area contributed by atoms with Crippen molar-refractivity contribution in [3.05, 3.63) is 218 Å². The molecule has 0 radical (unpaired) electrons. The van der Waals surface area contributed by atoms with Crippen LogP contribution >= 0.6 is 0 Å². The zero-order valence-corrected chi connectivity index (χ0v) is 32.7. The minimum atomic E-state index is 1.15. The van der Waals surface area contributed by atoms with E-state index < -0.39 is 0 Å². The number of hydrogen-bond donors (Lipinski definition) is 0. The van der Waals surface area contributed by atoms with Crippen LogP contribution in [0.15, 0.2) is 218 Å². The molecule has 0 spiro atoms. The highest BCUT2D eigenvalue weighted by Crippen LogP contribution is 2.44. The molecule has 278 valence electrons. The Bertz CT molecular complexity index is 3870. The van der Waals surface area contributed by atoms with Gasteiger partial charge in [0.15, 0.2) is 0 Å². The van der Waals surface area contributed by atoms with Crippen molar-refractivity contribution >= 4 is 86.7 Å². The third-order valence-electron chi connectivity index (χ3n) is 12.9. The zero-order chi connectivity index (χ0) is 39.3. The van der Waals surface area contributed by atoms with E-state index in [2.05, 4.69) is 228 Å². The van der Waals surface area contributed by atoms with E-state index in [-0.39, 0.29) is 0 Å². The molecular weight excluding hydrogens is 725 g/mol. The van der Waals surface area contributed by atoms with Crippen molar-refractivity contribution in [1.29, 1.82) is 0 Å². The number of rotatable bonds is 4. The molecule has 2 heteroatoms. The van der Waals surface area contributed by atoms with E-state index in [0.29, 0.717) is 0 Å². The molecule has 0 unspecified atom stereocenters. The van der Waals surface area contributed by atoms with Gasteiger partial charge in [-0.3, -0.25) is 0 Å². The molecule has 0 atom stereocenters. The molecule has 0 bridgehead atoms. The van der Waals surface area contributed by atoms with Crippen molar-refractivity contribution in [2.75, 3.05) is 0 Å². The van der Waals surface area contributed by atoms with E-state index in [1.165, 1.54) is 115 Å². The lowest BCUT2D eigenvalue weighted by Gasteiger charge is -2.16. The minimum absolute atomic E-state index is 1.15. The van der Waals surface area contributed by atoms with Crippen molar-refractivity contribution in [3.63, 3.8) is 0 Å². The SMILES string of the molecule is c1ccc(-n2c3ccccc3c3cc(-c4ccc5c(c4)c4ccccc4n5-c4ccc(-c5cc6c7ccccc7c7ccccc7c6c6ccccc56)cc4)ccc32)cc1. The fourth-order valence-electron chi connectivity index (χ4n) is 10.2. The molecule has 0 aliphatic heterocycles. The summed E-state index contributed by atoms with van der Waals surface area (Å²) in [5.41, 5.74) is 12.0. The van der Waals surface area contributed by atoms with Gasteiger partial charge in [0.2, 0.25) is 0 Å². The van der Waals surface area contributed by atoms with Gasteiger partial charge in [-0.15, -0.1) is 0 Å². The van der Waals surface area contributed by atoms with E-state index in [4.69, 9.17) is 0 Å². The Hall–Kier alpha value is -7.94. The summed E-state index contributed by atoms with van der Waals surface area (Å²) in [7, 11) is 0. The van der Waals surface area contributed by atoms with Gasteiger partial charge in [-0.25, -0.2) is 0 Å². The summed E-state index contributed by atoms with van der Waals surface area (Å²) in [5.74, 6) is 0. The van der Waals surface area contributed by atoms with Crippen LogP contribution in [-0.4, -0.2) is 9.13 Å². The van der Waals surface area contributed by atoms with E-state index in [1.807, 2.05) is 0 Å². The van der Waals surface area contributed by atoms with Crippen molar-refractivity contribution in [2.45, 2.75) is 0 Å². The molecule has 2 heterocycles. The predicted octanol–water partition coefficient (Wildman–Crippen LogP) is 15.8. The quantitative estimate of drug-likeness (QED) is 0.158. The molecule has 0 N–H and O–H groups in total. The first-order chi connectivity index (χ1) is 29.8. The summed E-state index contributed by atoms with van der Waals surface area (Å²) in [6.07, 6.45) is 0. The van der Waals surface area contributed by atoms with Gasteiger partial charge in [-0.05, 0) is 132 Å². The Kier molecular flexibility index (Phi) is 7.05. The molecule has 0 amide bonds. The fraction of sp³-hybridized carbons (Fsp3) is 0. The number of para-hydroxylation sites is 3. The van der Waals surface area contributed by atoms with Gasteiger partial charge in [0, 0.05) is 32.9 Å². The van der Waals surface area contributed by atoms with Gasteiger partial charge < -0.3 is 9.13 Å². The summed E-state index contributed by atoms with van der Waals surface area (Å²) >= 11 is 0. The molecule has 13 rings (SSSR count). The lowest BCUT2D eigenvalue weighted by Crippen LogP contribution is -1.94. The largest absolute Gasteiger partial charge is 0.309 e. The monoisotopic (exact) mass is 760 g/mol. The lowest BCUT2D eigenvalue weighted by molar-refractivity contribution is 1.18. The van der Waals surface area contributed by atoms with Gasteiger partial charge in [0.05, 0.1) is 22.1 Å². The molecule has 0 fully saturated rings. The van der Waals surface area contributed by atoms with Crippen LogP contribution < -0.4 is 0 Å². The zero-order valence-electron chi connectivity index (χ0n) is 32.7. The van der Waals surface area contributed by atoms with E-state index in [0.717, 1.165) is 5.69 Å². The summed E-state index contributed by atoms with van der Waals surface area (Å²) in [6, 6.07) is 80.5. The Morgan fingerprint density at radius 3 is 1.17 bits per heavy atom. The van der Waals surface area contributed by atoms with E-state index >= 15 is 0 Å². The molecule has 2 nitrogen and oxygen atoms in total. The Balaban J connectivity index is 0.952. The van der Waals surface area contributed by atoms with Crippen LogP contribution in [0.3, 0.4) is 0 Å². The number of fused-ring (bicyclic) bond motifs is 14. The second-order valence-electron chi connectivity index (χ2n) is 16.0. The highest BCUT2D eigenvalue weighted by atomic mass is 15.0. The minimum Gasteiger partial charge on any atom is -0.309 e. The lowest BCUT2D eigenvalue weighted by atomic mass is 9.87. The molecule has 0 saturated heterocycles. The second kappa shape index (κ2) is 12.8. The van der Waals surface area contributed by atoms with Gasteiger partial charge in [-0.2, -0.15) is 0 Å². The Morgan fingerprint density at radius 1 is 0.217 bits per heavy atom. The van der Waals surface area contributed by atoms with E-state index in [9.17, 15) is 0 Å². The highest BCUT2D eigenvalue weighted by molar-refractivity contribution is 6.33. The normalized spacial score (nSPS) is 12.0. The second-order valence-corrected chi connectivity index (χ2v) is 16.0. The average Bonchev–Trinajstić information content (AvgIpc) is 3.84. The molecule has 11 aromatic carbocycles. The molecule has 0 saturated carbocycles. The first kappa shape index (κ1) is 33.1. The maximum atomic E-state index is 2.43. The maximum Gasteiger partial charge on any atom is 0.0541 e. The van der Waals surface area contributed by atoms with Crippen LogP contribution in [-0.2, 0) is 0 Å². The number of hydrogen-bond acceptors (Lipinski definition) is 0. The topological polar surface area (TPSA) is 9.86 Å². The van der Waals surface area contributed by atoms with Crippen molar-refractivity contribution in [1.82, 2.24) is 9.13 Å². The predicted molar refractivity (Wildman–Crippen MR) is 256 cm³/mol. The summed E-state index contributed by atoms with van der Waals surface area (Å²) in [4.78, 5) is 0. The van der Waals surface area contributed by atoms with Crippen LogP contribution in [0, 0.1) is 0 Å². The first-order valence-electron chi connectivity index (χ1n) is 20.8. The van der Waals surface area contributed by atoms with Gasteiger partial charge in [0.1, 0.15) is 0 Å². The molecule has 13 aromatic rings. The third kappa shape index (κ3) is 4.76. The van der Waals surface area contributed by atoms with Crippen LogP contribution in [0.2, 0.25) is 0 Å². The summed E-state index contributed by atoms with van der Waals surface area (Å²) in [6.45, 7) is 0. The van der Waals surface area contributed by atoms with Gasteiger partial charge in [-0.1, -0.05) is 152 Å². The fourth-order valence-corrected chi connectivity index (χ4v) is 10.2. The Labute approximate surface area is 346 Å². The van der Waals surface area contributed by atoms with E-state index in [1.54, 1.807) is 0 Å². The highest BCUT2D eigenvalue weighted by Gasteiger charge is 2.18. The molecular formula is C58H36N2. The number of nitrogens with zero attached hydrogens (tertiary/aromatic N) is 2. The summed E-state index contributed by atoms with van der Waals surface area (Å²) < 4.78 is 4.80. The number of benzene rings is 11. The van der Waals surface area contributed by atoms with Crippen molar-refractivity contribution < 1.29 is 0 Å². The van der Waals surface area contributed by atoms with Crippen molar-refractivity contribution in [3.8, 4) is 33.6 Å². The number of aromatic nitrogens is 2. The van der Waals surface area contributed by atoms with Crippen LogP contribution in [0.25, 0.3) is 120 Å². The summed E-state index contributed by atoms with van der Waals surface area (Å²) in [5, 5.41) is 15.4. The maximum absolute atomic E-state index is 2.43. The molecule has 0 aliphatic rings. The van der Waals surface area contributed by atoms with Crippen molar-refractivity contribution in [2.24, 2.45) is 0 Å². The molecule has 2 aromatic heterocycles. The molecule has 60 heavy (non-hydrogen) atoms. The standard InChI is InChI=1S/C58H36N2/c1-2-14-40(15-3-1)59-54-24-12-10-20-46(54)51-34-38(28-32-56(51)59)39-29-33-57-52(35-39)47-21-11-13-25-55(47)60(57)41-30-26-37(27-31-41)50-36-53-44-18-5-4-16-42(44)43-17-6-8-22-48(43)58(53)49-23-9-7-19-45(49)50/h1-36H. The van der Waals surface area contributed by atoms with Crippen LogP contribution in [0.4, 0.5) is 0 Å². The van der Waals surface area contributed by atoms with Crippen LogP contribution in [0.5, 0.6) is 0 Å². The van der Waals surface area contributed by atoms with Crippen LogP contribution in [0.1, 0.15) is 0 Å². The van der Waals surface area contributed by atoms with Gasteiger partial charge >= 0.3 is 0 Å². The first-order valence-corrected chi connectivity index (χ1v) is 20.8. The Morgan fingerprint density at radius 2 is 0.600 bits per heavy atom. The van der Waals surface area contributed by atoms with Gasteiger partial charge in [0.25, 0.3) is 0 Å².